The number of anilines is 4. The fourth-order valence-corrected chi connectivity index (χ4v) is 2.89. The first-order chi connectivity index (χ1) is 14.3. The van der Waals surface area contributed by atoms with Crippen molar-refractivity contribution in [3.8, 4) is 0 Å². The van der Waals surface area contributed by atoms with Crippen LogP contribution in [0.5, 0.6) is 0 Å². The number of halogens is 2. The Hall–Kier alpha value is -3.72. The minimum atomic E-state index is -0.709. The summed E-state index contributed by atoms with van der Waals surface area (Å²) in [5, 5.41) is 8.97. The molecule has 30 heavy (non-hydrogen) atoms. The van der Waals surface area contributed by atoms with Crippen LogP contribution in [0.25, 0.3) is 0 Å². The summed E-state index contributed by atoms with van der Waals surface area (Å²) in [6.45, 7) is 1.61. The highest BCUT2D eigenvalue weighted by atomic mass is 35.5. The van der Waals surface area contributed by atoms with Crippen LogP contribution < -0.4 is 21.7 Å². The van der Waals surface area contributed by atoms with Crippen molar-refractivity contribution in [1.82, 2.24) is 9.97 Å². The zero-order valence-corrected chi connectivity index (χ0v) is 16.6. The van der Waals surface area contributed by atoms with E-state index in [1.807, 2.05) is 0 Å². The van der Waals surface area contributed by atoms with Crippen molar-refractivity contribution >= 4 is 46.6 Å². The van der Waals surface area contributed by atoms with Crippen LogP contribution in [0, 0.1) is 5.82 Å². The maximum Gasteiger partial charge on any atom is 0.254 e. The van der Waals surface area contributed by atoms with Gasteiger partial charge in [-0.15, -0.1) is 0 Å². The Balaban J connectivity index is 1.84. The second kappa shape index (κ2) is 9.19. The number of nitrogens with one attached hydrogen (secondary N) is 3. The zero-order valence-electron chi connectivity index (χ0n) is 15.9. The van der Waals surface area contributed by atoms with E-state index in [1.54, 1.807) is 30.3 Å². The number of benzene rings is 2. The third-order valence-corrected chi connectivity index (χ3v) is 4.10. The van der Waals surface area contributed by atoms with Gasteiger partial charge in [0.25, 0.3) is 5.91 Å². The number of primary amides is 1. The summed E-state index contributed by atoms with van der Waals surface area (Å²) in [6, 6.07) is 10.9. The lowest BCUT2D eigenvalue weighted by molar-refractivity contribution is -0.114. The Morgan fingerprint density at radius 3 is 2.63 bits per heavy atom. The van der Waals surface area contributed by atoms with E-state index < -0.39 is 5.91 Å². The molecule has 0 fully saturated rings. The molecule has 0 aliphatic heterocycles. The molecule has 2 aromatic carbocycles. The van der Waals surface area contributed by atoms with E-state index in [0.29, 0.717) is 22.0 Å². The fourth-order valence-electron chi connectivity index (χ4n) is 2.66. The maximum atomic E-state index is 13.4. The van der Waals surface area contributed by atoms with Crippen LogP contribution in [0.4, 0.5) is 27.5 Å². The van der Waals surface area contributed by atoms with Gasteiger partial charge in [-0.25, -0.2) is 9.37 Å². The number of hydrogen-bond donors (Lipinski definition) is 4. The van der Waals surface area contributed by atoms with Crippen molar-refractivity contribution < 1.29 is 14.0 Å². The predicted molar refractivity (Wildman–Crippen MR) is 113 cm³/mol. The van der Waals surface area contributed by atoms with Crippen LogP contribution in [0.15, 0.2) is 48.7 Å². The van der Waals surface area contributed by atoms with Crippen molar-refractivity contribution in [3.05, 3.63) is 70.6 Å². The molecular weight excluding hydrogens is 411 g/mol. The SMILES string of the molecule is CC(=O)Nc1cc(Cl)cc(Nc2ncc(C(N)=O)c(NCc3cccc(F)c3)n2)c1. The van der Waals surface area contributed by atoms with E-state index in [9.17, 15) is 14.0 Å². The Bertz CT molecular complexity index is 1110. The average Bonchev–Trinajstić information content (AvgIpc) is 2.65. The third kappa shape index (κ3) is 5.65. The predicted octanol–water partition coefficient (Wildman–Crippen LogP) is 3.68. The number of hydrogen-bond acceptors (Lipinski definition) is 6. The molecule has 0 saturated carbocycles. The quantitative estimate of drug-likeness (QED) is 0.455. The molecular formula is C20H18ClFN6O2. The Kier molecular flexibility index (Phi) is 6.43. The van der Waals surface area contributed by atoms with Gasteiger partial charge in [0, 0.05) is 36.1 Å². The van der Waals surface area contributed by atoms with Crippen LogP contribution >= 0.6 is 11.6 Å². The lowest BCUT2D eigenvalue weighted by Gasteiger charge is -2.12. The summed E-state index contributed by atoms with van der Waals surface area (Å²) in [7, 11) is 0. The number of rotatable bonds is 7. The number of nitrogens with two attached hydrogens (primary N) is 1. The smallest absolute Gasteiger partial charge is 0.254 e. The summed E-state index contributed by atoms with van der Waals surface area (Å²) in [6.07, 6.45) is 1.28. The van der Waals surface area contributed by atoms with Gasteiger partial charge in [0.15, 0.2) is 0 Å². The molecule has 5 N–H and O–H groups in total. The van der Waals surface area contributed by atoms with Crippen LogP contribution in [-0.4, -0.2) is 21.8 Å². The summed E-state index contributed by atoms with van der Waals surface area (Å²) < 4.78 is 13.4. The average molecular weight is 429 g/mol. The van der Waals surface area contributed by atoms with Crippen molar-refractivity contribution in [3.63, 3.8) is 0 Å². The Labute approximate surface area is 176 Å². The van der Waals surface area contributed by atoms with Gasteiger partial charge in [-0.2, -0.15) is 4.98 Å². The number of carbonyl (C=O) groups is 2. The lowest BCUT2D eigenvalue weighted by atomic mass is 10.2. The molecule has 0 aliphatic carbocycles. The Morgan fingerprint density at radius 1 is 1.17 bits per heavy atom. The molecule has 0 spiro atoms. The van der Waals surface area contributed by atoms with E-state index in [0.717, 1.165) is 0 Å². The first-order valence-corrected chi connectivity index (χ1v) is 9.18. The van der Waals surface area contributed by atoms with E-state index in [2.05, 4.69) is 25.9 Å². The highest BCUT2D eigenvalue weighted by Gasteiger charge is 2.13. The second-order valence-electron chi connectivity index (χ2n) is 6.34. The molecule has 154 valence electrons. The van der Waals surface area contributed by atoms with Gasteiger partial charge in [0.2, 0.25) is 11.9 Å². The first-order valence-electron chi connectivity index (χ1n) is 8.80. The topological polar surface area (TPSA) is 122 Å². The number of nitrogens with zero attached hydrogens (tertiary/aromatic N) is 2. The highest BCUT2D eigenvalue weighted by molar-refractivity contribution is 6.31. The van der Waals surface area contributed by atoms with E-state index >= 15 is 0 Å². The minimum Gasteiger partial charge on any atom is -0.365 e. The van der Waals surface area contributed by atoms with Gasteiger partial charge < -0.3 is 21.7 Å². The molecule has 0 radical (unpaired) electrons. The molecule has 1 aromatic heterocycles. The zero-order chi connectivity index (χ0) is 21.7. The van der Waals surface area contributed by atoms with Gasteiger partial charge in [-0.05, 0) is 35.9 Å². The fraction of sp³-hybridized carbons (Fsp3) is 0.100. The number of carbonyl (C=O) groups excluding carboxylic acids is 2. The van der Waals surface area contributed by atoms with Gasteiger partial charge in [-0.1, -0.05) is 23.7 Å². The summed E-state index contributed by atoms with van der Waals surface area (Å²) in [5.41, 5.74) is 7.16. The molecule has 8 nitrogen and oxygen atoms in total. The van der Waals surface area contributed by atoms with E-state index in [4.69, 9.17) is 17.3 Å². The Morgan fingerprint density at radius 2 is 1.93 bits per heavy atom. The van der Waals surface area contributed by atoms with Crippen LogP contribution in [0.1, 0.15) is 22.8 Å². The van der Waals surface area contributed by atoms with Crippen molar-refractivity contribution in [2.24, 2.45) is 5.73 Å². The van der Waals surface area contributed by atoms with Crippen LogP contribution in [0.2, 0.25) is 5.02 Å². The van der Waals surface area contributed by atoms with Gasteiger partial charge in [0.1, 0.15) is 11.6 Å². The monoisotopic (exact) mass is 428 g/mol. The first kappa shape index (κ1) is 21.0. The molecule has 10 heteroatoms. The van der Waals surface area contributed by atoms with Crippen LogP contribution in [-0.2, 0) is 11.3 Å². The van der Waals surface area contributed by atoms with E-state index in [-0.39, 0.29) is 35.6 Å². The molecule has 1 heterocycles. The van der Waals surface area contributed by atoms with Crippen molar-refractivity contribution in [1.29, 1.82) is 0 Å². The summed E-state index contributed by atoms with van der Waals surface area (Å²) in [4.78, 5) is 31.4. The maximum absolute atomic E-state index is 13.4. The molecule has 3 aromatic rings. The third-order valence-electron chi connectivity index (χ3n) is 3.88. The minimum absolute atomic E-state index is 0.0852. The standard InChI is InChI=1S/C20H18ClFN6O2/c1-11(29)26-15-6-13(21)7-16(8-15)27-20-25-10-17(18(23)30)19(28-20)24-9-12-3-2-4-14(22)5-12/h2-8,10H,9H2,1H3,(H2,23,30)(H,26,29)(H2,24,25,27,28). The normalized spacial score (nSPS) is 10.4. The molecule has 0 atom stereocenters. The largest absolute Gasteiger partial charge is 0.365 e. The molecule has 0 bridgehead atoms. The van der Waals surface area contributed by atoms with Crippen LogP contribution in [0.3, 0.4) is 0 Å². The summed E-state index contributed by atoms with van der Waals surface area (Å²) in [5.74, 6) is -0.968. The number of aromatic nitrogens is 2. The van der Waals surface area contributed by atoms with Crippen molar-refractivity contribution in [2.45, 2.75) is 13.5 Å². The number of amides is 2. The summed E-state index contributed by atoms with van der Waals surface area (Å²) >= 11 is 6.09. The van der Waals surface area contributed by atoms with Gasteiger partial charge in [0.05, 0.1) is 5.56 Å². The van der Waals surface area contributed by atoms with Crippen molar-refractivity contribution in [2.75, 3.05) is 16.0 Å². The molecule has 3 rings (SSSR count). The molecule has 0 saturated heterocycles. The second-order valence-corrected chi connectivity index (χ2v) is 6.77. The molecule has 2 amide bonds. The van der Waals surface area contributed by atoms with E-state index in [1.165, 1.54) is 25.3 Å². The van der Waals surface area contributed by atoms with Gasteiger partial charge >= 0.3 is 0 Å². The highest BCUT2D eigenvalue weighted by Crippen LogP contribution is 2.25. The van der Waals surface area contributed by atoms with Gasteiger partial charge in [-0.3, -0.25) is 9.59 Å². The lowest BCUT2D eigenvalue weighted by Crippen LogP contribution is -2.17. The molecule has 0 unspecified atom stereocenters. The molecule has 0 aliphatic rings.